The molecule has 0 saturated carbocycles. The van der Waals surface area contributed by atoms with E-state index in [-0.39, 0.29) is 17.5 Å². The number of carbonyl (C=O) groups is 1. The average molecular weight is 180 g/mol. The molecule has 70 valence electrons. The molecule has 0 aliphatic carbocycles. The normalized spacial score (nSPS) is 26.0. The maximum Gasteiger partial charge on any atom is 0.312 e. The Hall–Kier alpha value is -1.25. The summed E-state index contributed by atoms with van der Waals surface area (Å²) in [6, 6.07) is 3.63. The lowest BCUT2D eigenvalue weighted by molar-refractivity contribution is -0.148. The van der Waals surface area contributed by atoms with Crippen molar-refractivity contribution in [3.63, 3.8) is 0 Å². The van der Waals surface area contributed by atoms with Gasteiger partial charge in [-0.2, -0.15) is 0 Å². The molecule has 1 atom stereocenters. The number of carbonyl (C=O) groups excluding carboxylic acids is 1. The van der Waals surface area contributed by atoms with Crippen LogP contribution in [0.15, 0.2) is 22.8 Å². The van der Waals surface area contributed by atoms with Crippen molar-refractivity contribution in [2.75, 3.05) is 0 Å². The van der Waals surface area contributed by atoms with Crippen LogP contribution in [0.25, 0.3) is 0 Å². The highest BCUT2D eigenvalue weighted by Gasteiger charge is 2.43. The summed E-state index contributed by atoms with van der Waals surface area (Å²) in [6.07, 6.45) is 2.09. The zero-order valence-electron chi connectivity index (χ0n) is 7.74. The molecule has 1 aliphatic heterocycles. The van der Waals surface area contributed by atoms with E-state index in [9.17, 15) is 4.79 Å². The van der Waals surface area contributed by atoms with E-state index < -0.39 is 0 Å². The van der Waals surface area contributed by atoms with Gasteiger partial charge in [-0.25, -0.2) is 0 Å². The maximum absolute atomic E-state index is 11.3. The van der Waals surface area contributed by atoms with Gasteiger partial charge in [-0.1, -0.05) is 0 Å². The van der Waals surface area contributed by atoms with E-state index in [1.54, 1.807) is 12.3 Å². The highest BCUT2D eigenvalue weighted by atomic mass is 16.6. The Morgan fingerprint density at radius 1 is 1.54 bits per heavy atom. The van der Waals surface area contributed by atoms with Gasteiger partial charge in [-0.05, 0) is 26.0 Å². The van der Waals surface area contributed by atoms with Gasteiger partial charge >= 0.3 is 5.97 Å². The van der Waals surface area contributed by atoms with Gasteiger partial charge in [-0.3, -0.25) is 4.79 Å². The van der Waals surface area contributed by atoms with E-state index in [0.717, 1.165) is 5.76 Å². The standard InChI is InChI=1S/C10H12O3/c1-10(2)6-8(13-9(10)11)7-4-3-5-12-7/h3-5,8H,6H2,1-2H3. The van der Waals surface area contributed by atoms with Crippen LogP contribution in [-0.4, -0.2) is 5.97 Å². The van der Waals surface area contributed by atoms with Gasteiger partial charge < -0.3 is 9.15 Å². The highest BCUT2D eigenvalue weighted by molar-refractivity contribution is 5.78. The topological polar surface area (TPSA) is 39.4 Å². The van der Waals surface area contributed by atoms with Crippen molar-refractivity contribution in [3.8, 4) is 0 Å². The van der Waals surface area contributed by atoms with Crippen molar-refractivity contribution in [1.29, 1.82) is 0 Å². The van der Waals surface area contributed by atoms with Crippen molar-refractivity contribution in [2.45, 2.75) is 26.4 Å². The molecule has 2 rings (SSSR count). The van der Waals surface area contributed by atoms with E-state index in [1.807, 2.05) is 19.9 Å². The van der Waals surface area contributed by atoms with Gasteiger partial charge in [0.2, 0.25) is 0 Å². The third-order valence-electron chi connectivity index (χ3n) is 2.36. The molecule has 13 heavy (non-hydrogen) atoms. The molecular formula is C10H12O3. The Morgan fingerprint density at radius 3 is 2.77 bits per heavy atom. The number of cyclic esters (lactones) is 1. The van der Waals surface area contributed by atoms with E-state index in [1.165, 1.54) is 0 Å². The third kappa shape index (κ3) is 1.34. The van der Waals surface area contributed by atoms with Crippen molar-refractivity contribution in [3.05, 3.63) is 24.2 Å². The summed E-state index contributed by atoms with van der Waals surface area (Å²) in [5, 5.41) is 0. The van der Waals surface area contributed by atoms with Crippen molar-refractivity contribution < 1.29 is 13.9 Å². The molecule has 0 N–H and O–H groups in total. The predicted molar refractivity (Wildman–Crippen MR) is 45.9 cm³/mol. The van der Waals surface area contributed by atoms with Crippen LogP contribution in [0.2, 0.25) is 0 Å². The average Bonchev–Trinajstić information content (AvgIpc) is 2.60. The van der Waals surface area contributed by atoms with Gasteiger partial charge in [-0.15, -0.1) is 0 Å². The molecule has 0 radical (unpaired) electrons. The second-order valence-electron chi connectivity index (χ2n) is 4.00. The van der Waals surface area contributed by atoms with E-state index in [4.69, 9.17) is 9.15 Å². The van der Waals surface area contributed by atoms with E-state index in [2.05, 4.69) is 0 Å². The number of ether oxygens (including phenoxy) is 1. The molecule has 3 nitrogen and oxygen atoms in total. The molecule has 0 bridgehead atoms. The molecule has 1 aliphatic rings. The summed E-state index contributed by atoms with van der Waals surface area (Å²) in [7, 11) is 0. The largest absolute Gasteiger partial charge is 0.465 e. The van der Waals surface area contributed by atoms with Crippen LogP contribution in [0.5, 0.6) is 0 Å². The predicted octanol–water partition coefficient (Wildman–Crippen LogP) is 2.29. The van der Waals surface area contributed by atoms with Crippen molar-refractivity contribution >= 4 is 5.97 Å². The fourth-order valence-corrected chi connectivity index (χ4v) is 1.51. The minimum absolute atomic E-state index is 0.145. The van der Waals surface area contributed by atoms with Crippen LogP contribution in [0.3, 0.4) is 0 Å². The summed E-state index contributed by atoms with van der Waals surface area (Å²) < 4.78 is 10.4. The first-order chi connectivity index (χ1) is 6.09. The minimum Gasteiger partial charge on any atom is -0.465 e. The number of rotatable bonds is 1. The second-order valence-corrected chi connectivity index (χ2v) is 4.00. The number of hydrogen-bond donors (Lipinski definition) is 0. The van der Waals surface area contributed by atoms with E-state index >= 15 is 0 Å². The first kappa shape index (κ1) is 8.35. The van der Waals surface area contributed by atoms with Gasteiger partial charge in [0.05, 0.1) is 11.7 Å². The van der Waals surface area contributed by atoms with Gasteiger partial charge in [0.25, 0.3) is 0 Å². The molecule has 3 heteroatoms. The zero-order valence-corrected chi connectivity index (χ0v) is 7.74. The summed E-state index contributed by atoms with van der Waals surface area (Å²) >= 11 is 0. The first-order valence-electron chi connectivity index (χ1n) is 4.34. The number of hydrogen-bond acceptors (Lipinski definition) is 3. The Morgan fingerprint density at radius 2 is 2.31 bits per heavy atom. The molecule has 0 amide bonds. The van der Waals surface area contributed by atoms with Crippen LogP contribution in [-0.2, 0) is 9.53 Å². The molecule has 0 aromatic carbocycles. The Labute approximate surface area is 76.7 Å². The van der Waals surface area contributed by atoms with Gasteiger partial charge in [0, 0.05) is 6.42 Å². The summed E-state index contributed by atoms with van der Waals surface area (Å²) in [5.74, 6) is 0.591. The highest BCUT2D eigenvalue weighted by Crippen LogP contribution is 2.41. The van der Waals surface area contributed by atoms with Crippen LogP contribution < -0.4 is 0 Å². The summed E-state index contributed by atoms with van der Waals surface area (Å²) in [4.78, 5) is 11.3. The second kappa shape index (κ2) is 2.62. The zero-order chi connectivity index (χ0) is 9.47. The number of esters is 1. The van der Waals surface area contributed by atoms with Crippen LogP contribution in [0.4, 0.5) is 0 Å². The van der Waals surface area contributed by atoms with Crippen LogP contribution in [0.1, 0.15) is 32.1 Å². The quantitative estimate of drug-likeness (QED) is 0.622. The molecular weight excluding hydrogens is 168 g/mol. The molecule has 1 aromatic heterocycles. The lowest BCUT2D eigenvalue weighted by atomic mass is 9.89. The Bertz CT molecular complexity index is 311. The Balaban J connectivity index is 2.19. The molecule has 1 aromatic rings. The monoisotopic (exact) mass is 180 g/mol. The molecule has 0 spiro atoms. The fourth-order valence-electron chi connectivity index (χ4n) is 1.51. The lowest BCUT2D eigenvalue weighted by Crippen LogP contribution is -2.16. The van der Waals surface area contributed by atoms with Crippen LogP contribution in [0, 0.1) is 5.41 Å². The summed E-state index contributed by atoms with van der Waals surface area (Å²) in [5.41, 5.74) is -0.378. The molecule has 1 unspecified atom stereocenters. The molecule has 1 fully saturated rings. The van der Waals surface area contributed by atoms with Crippen molar-refractivity contribution in [2.24, 2.45) is 5.41 Å². The van der Waals surface area contributed by atoms with Crippen LogP contribution >= 0.6 is 0 Å². The lowest BCUT2D eigenvalue weighted by Gasteiger charge is -2.08. The van der Waals surface area contributed by atoms with E-state index in [0.29, 0.717) is 6.42 Å². The molecule has 2 heterocycles. The molecule has 1 saturated heterocycles. The SMILES string of the molecule is CC1(C)CC(c2ccco2)OC1=O. The smallest absolute Gasteiger partial charge is 0.312 e. The maximum atomic E-state index is 11.3. The van der Waals surface area contributed by atoms with Crippen molar-refractivity contribution in [1.82, 2.24) is 0 Å². The van der Waals surface area contributed by atoms with Gasteiger partial charge in [0.1, 0.15) is 5.76 Å². The van der Waals surface area contributed by atoms with Gasteiger partial charge in [0.15, 0.2) is 6.10 Å². The Kier molecular flexibility index (Phi) is 1.68. The third-order valence-corrected chi connectivity index (χ3v) is 2.36. The first-order valence-corrected chi connectivity index (χ1v) is 4.34. The minimum atomic E-state index is -0.378. The number of furan rings is 1. The fraction of sp³-hybridized carbons (Fsp3) is 0.500. The summed E-state index contributed by atoms with van der Waals surface area (Å²) in [6.45, 7) is 3.77.